The number of aliphatic hydroxyl groups is 1. The zero-order valence-corrected chi connectivity index (χ0v) is 11.5. The Morgan fingerprint density at radius 2 is 1.94 bits per heavy atom. The summed E-state index contributed by atoms with van der Waals surface area (Å²) in [7, 11) is 0. The third kappa shape index (κ3) is 3.69. The Bertz CT molecular complexity index is 275. The molecule has 0 spiro atoms. The molecule has 4 heteroatoms. The van der Waals surface area contributed by atoms with Crippen molar-refractivity contribution in [3.05, 3.63) is 0 Å². The fourth-order valence-corrected chi connectivity index (χ4v) is 3.03. The van der Waals surface area contributed by atoms with Crippen molar-refractivity contribution in [2.75, 3.05) is 39.3 Å². The number of aliphatic hydroxyl groups excluding tert-OH is 1. The Kier molecular flexibility index (Phi) is 5.01. The molecule has 2 aliphatic heterocycles. The monoisotopic (exact) mass is 254 g/mol. The van der Waals surface area contributed by atoms with Gasteiger partial charge in [-0.2, -0.15) is 0 Å². The minimum atomic E-state index is 0.295. The lowest BCUT2D eigenvalue weighted by molar-refractivity contribution is -0.134. The van der Waals surface area contributed by atoms with Crippen LogP contribution in [0.1, 0.15) is 32.6 Å². The van der Waals surface area contributed by atoms with Crippen LogP contribution in [0.5, 0.6) is 0 Å². The summed E-state index contributed by atoms with van der Waals surface area (Å²) in [6.45, 7) is 6.89. The Morgan fingerprint density at radius 3 is 2.56 bits per heavy atom. The van der Waals surface area contributed by atoms with Gasteiger partial charge in [-0.3, -0.25) is 9.69 Å². The zero-order chi connectivity index (χ0) is 13.0. The lowest BCUT2D eigenvalue weighted by Crippen LogP contribution is -2.46. The maximum atomic E-state index is 12.2. The van der Waals surface area contributed by atoms with Crippen LogP contribution in [-0.2, 0) is 4.79 Å². The largest absolute Gasteiger partial charge is 0.396 e. The second-order valence-electron chi connectivity index (χ2n) is 5.99. The Labute approximate surface area is 110 Å². The molecule has 0 aromatic heterocycles. The number of nitrogens with zero attached hydrogens (tertiary/aromatic N) is 2. The molecular formula is C14H26N2O2. The fraction of sp³-hybridized carbons (Fsp3) is 0.929. The van der Waals surface area contributed by atoms with Crippen molar-refractivity contribution in [1.29, 1.82) is 0 Å². The van der Waals surface area contributed by atoms with Gasteiger partial charge in [-0.15, -0.1) is 0 Å². The molecule has 0 bridgehead atoms. The van der Waals surface area contributed by atoms with E-state index in [1.807, 2.05) is 4.90 Å². The summed E-state index contributed by atoms with van der Waals surface area (Å²) in [6, 6.07) is 0. The molecule has 18 heavy (non-hydrogen) atoms. The molecule has 0 aliphatic carbocycles. The summed E-state index contributed by atoms with van der Waals surface area (Å²) >= 11 is 0. The molecule has 1 amide bonds. The third-order valence-corrected chi connectivity index (χ3v) is 4.33. The second kappa shape index (κ2) is 6.53. The maximum Gasteiger partial charge on any atom is 0.236 e. The molecule has 2 rings (SSSR count). The van der Waals surface area contributed by atoms with E-state index in [2.05, 4.69) is 11.8 Å². The van der Waals surface area contributed by atoms with Crippen molar-refractivity contribution in [2.24, 2.45) is 11.8 Å². The van der Waals surface area contributed by atoms with E-state index >= 15 is 0 Å². The van der Waals surface area contributed by atoms with E-state index in [9.17, 15) is 4.79 Å². The average Bonchev–Trinajstić information content (AvgIpc) is 2.39. The van der Waals surface area contributed by atoms with Crippen LogP contribution in [0.4, 0.5) is 0 Å². The quantitative estimate of drug-likeness (QED) is 0.815. The summed E-state index contributed by atoms with van der Waals surface area (Å²) in [5.41, 5.74) is 0. The number of piperidine rings is 2. The van der Waals surface area contributed by atoms with E-state index in [-0.39, 0.29) is 0 Å². The molecule has 0 radical (unpaired) electrons. The number of hydrogen-bond donors (Lipinski definition) is 1. The topological polar surface area (TPSA) is 43.8 Å². The summed E-state index contributed by atoms with van der Waals surface area (Å²) in [6.07, 6.45) is 4.46. The highest BCUT2D eigenvalue weighted by Gasteiger charge is 2.25. The molecule has 2 aliphatic rings. The lowest BCUT2D eigenvalue weighted by Gasteiger charge is -2.35. The van der Waals surface area contributed by atoms with Crippen LogP contribution in [0.15, 0.2) is 0 Å². The first-order chi connectivity index (χ1) is 8.69. The van der Waals surface area contributed by atoms with Gasteiger partial charge in [0.15, 0.2) is 0 Å². The minimum absolute atomic E-state index is 0.295. The summed E-state index contributed by atoms with van der Waals surface area (Å²) in [5, 5.41) is 9.10. The first-order valence-electron chi connectivity index (χ1n) is 7.30. The molecule has 2 fully saturated rings. The maximum absolute atomic E-state index is 12.2. The van der Waals surface area contributed by atoms with Crippen molar-refractivity contribution in [3.63, 3.8) is 0 Å². The number of rotatable bonds is 3. The summed E-state index contributed by atoms with van der Waals surface area (Å²) in [4.78, 5) is 16.5. The highest BCUT2D eigenvalue weighted by molar-refractivity contribution is 5.78. The van der Waals surface area contributed by atoms with Gasteiger partial charge in [-0.1, -0.05) is 6.92 Å². The molecule has 2 heterocycles. The van der Waals surface area contributed by atoms with Crippen molar-refractivity contribution < 1.29 is 9.90 Å². The van der Waals surface area contributed by atoms with Crippen LogP contribution in [0, 0.1) is 11.8 Å². The van der Waals surface area contributed by atoms with E-state index in [1.54, 1.807) is 0 Å². The molecule has 1 unspecified atom stereocenters. The number of hydrogen-bond acceptors (Lipinski definition) is 3. The number of carbonyl (C=O) groups is 1. The van der Waals surface area contributed by atoms with E-state index in [1.165, 1.54) is 6.42 Å². The van der Waals surface area contributed by atoms with Gasteiger partial charge in [-0.05, 0) is 50.6 Å². The Morgan fingerprint density at radius 1 is 1.22 bits per heavy atom. The minimum Gasteiger partial charge on any atom is -0.396 e. The molecule has 0 aromatic carbocycles. The van der Waals surface area contributed by atoms with Crippen LogP contribution in [-0.4, -0.2) is 60.1 Å². The molecule has 2 saturated heterocycles. The van der Waals surface area contributed by atoms with Crippen molar-refractivity contribution >= 4 is 5.91 Å². The number of amides is 1. The van der Waals surface area contributed by atoms with Crippen LogP contribution in [0.25, 0.3) is 0 Å². The standard InChI is InChI=1S/C14H26N2O2/c1-12-3-2-6-16(9-12)14(18)10-15-7-4-13(11-17)5-8-15/h12-13,17H,2-11H2,1H3. The van der Waals surface area contributed by atoms with E-state index in [0.717, 1.165) is 45.4 Å². The predicted octanol–water partition coefficient (Wildman–Crippen LogP) is 0.949. The summed E-state index contributed by atoms with van der Waals surface area (Å²) < 4.78 is 0. The molecule has 104 valence electrons. The van der Waals surface area contributed by atoms with Crippen LogP contribution < -0.4 is 0 Å². The molecule has 0 aromatic rings. The molecule has 1 N–H and O–H groups in total. The van der Waals surface area contributed by atoms with E-state index < -0.39 is 0 Å². The van der Waals surface area contributed by atoms with Gasteiger partial charge >= 0.3 is 0 Å². The molecule has 1 atom stereocenters. The Balaban J connectivity index is 1.74. The van der Waals surface area contributed by atoms with Gasteiger partial charge in [0.25, 0.3) is 0 Å². The highest BCUT2D eigenvalue weighted by atomic mass is 16.3. The van der Waals surface area contributed by atoms with E-state index in [4.69, 9.17) is 5.11 Å². The van der Waals surface area contributed by atoms with E-state index in [0.29, 0.717) is 30.9 Å². The molecule has 4 nitrogen and oxygen atoms in total. The number of carbonyl (C=O) groups excluding carboxylic acids is 1. The predicted molar refractivity (Wildman–Crippen MR) is 71.2 cm³/mol. The molecule has 0 saturated carbocycles. The first kappa shape index (κ1) is 13.8. The SMILES string of the molecule is CC1CCCN(C(=O)CN2CCC(CO)CC2)C1. The average molecular weight is 254 g/mol. The zero-order valence-electron chi connectivity index (χ0n) is 11.5. The van der Waals surface area contributed by atoms with Crippen LogP contribution >= 0.6 is 0 Å². The summed E-state index contributed by atoms with van der Waals surface area (Å²) in [5.74, 6) is 1.40. The second-order valence-corrected chi connectivity index (χ2v) is 5.99. The van der Waals surface area contributed by atoms with Crippen LogP contribution in [0.2, 0.25) is 0 Å². The van der Waals surface area contributed by atoms with Gasteiger partial charge in [-0.25, -0.2) is 0 Å². The normalized spacial score (nSPS) is 27.4. The Hall–Kier alpha value is -0.610. The van der Waals surface area contributed by atoms with Gasteiger partial charge in [0.2, 0.25) is 5.91 Å². The van der Waals surface area contributed by atoms with Gasteiger partial charge in [0.05, 0.1) is 6.54 Å². The van der Waals surface area contributed by atoms with Crippen molar-refractivity contribution in [3.8, 4) is 0 Å². The first-order valence-corrected chi connectivity index (χ1v) is 7.30. The van der Waals surface area contributed by atoms with Gasteiger partial charge < -0.3 is 10.0 Å². The van der Waals surface area contributed by atoms with Crippen LogP contribution in [0.3, 0.4) is 0 Å². The molecular weight excluding hydrogens is 228 g/mol. The number of likely N-dealkylation sites (tertiary alicyclic amines) is 2. The van der Waals surface area contributed by atoms with Crippen molar-refractivity contribution in [2.45, 2.75) is 32.6 Å². The van der Waals surface area contributed by atoms with Gasteiger partial charge in [0.1, 0.15) is 0 Å². The lowest BCUT2D eigenvalue weighted by atomic mass is 9.97. The fourth-order valence-electron chi connectivity index (χ4n) is 3.03. The highest BCUT2D eigenvalue weighted by Crippen LogP contribution is 2.18. The van der Waals surface area contributed by atoms with Crippen molar-refractivity contribution in [1.82, 2.24) is 9.80 Å². The van der Waals surface area contributed by atoms with Gasteiger partial charge in [0, 0.05) is 19.7 Å². The third-order valence-electron chi connectivity index (χ3n) is 4.33. The smallest absolute Gasteiger partial charge is 0.236 e.